The topological polar surface area (TPSA) is 15.3 Å². The van der Waals surface area contributed by atoms with Crippen LogP contribution in [0, 0.1) is 0 Å². The normalized spacial score (nSPS) is 11.2. The third kappa shape index (κ3) is 10.8. The predicted molar refractivity (Wildman–Crippen MR) is 77.5 cm³/mol. The fourth-order valence-electron chi connectivity index (χ4n) is 1.75. The quantitative estimate of drug-likeness (QED) is 0.533. The lowest BCUT2D eigenvalue weighted by Gasteiger charge is -2.17. The zero-order valence-electron chi connectivity index (χ0n) is 11.4. The molecule has 16 heavy (non-hydrogen) atoms. The Hall–Kier alpha value is 0.270. The summed E-state index contributed by atoms with van der Waals surface area (Å²) >= 11 is 1.96. The van der Waals surface area contributed by atoms with E-state index in [2.05, 4.69) is 30.3 Å². The van der Waals surface area contributed by atoms with Crippen molar-refractivity contribution in [2.24, 2.45) is 0 Å². The van der Waals surface area contributed by atoms with Crippen molar-refractivity contribution in [1.82, 2.24) is 10.2 Å². The Kier molecular flexibility index (Phi) is 13.6. The van der Waals surface area contributed by atoms with Gasteiger partial charge in [-0.3, -0.25) is 0 Å². The predicted octanol–water partition coefficient (Wildman–Crippen LogP) is 2.84. The van der Waals surface area contributed by atoms with Crippen LogP contribution in [0.25, 0.3) is 0 Å². The summed E-state index contributed by atoms with van der Waals surface area (Å²) in [6, 6.07) is 0. The zero-order valence-corrected chi connectivity index (χ0v) is 12.2. The summed E-state index contributed by atoms with van der Waals surface area (Å²) in [4.78, 5) is 2.46. The van der Waals surface area contributed by atoms with Crippen molar-refractivity contribution < 1.29 is 0 Å². The van der Waals surface area contributed by atoms with Gasteiger partial charge >= 0.3 is 0 Å². The molecule has 0 aliphatic rings. The van der Waals surface area contributed by atoms with Gasteiger partial charge in [0.15, 0.2) is 0 Å². The molecule has 0 rings (SSSR count). The summed E-state index contributed by atoms with van der Waals surface area (Å²) in [6.07, 6.45) is 7.71. The first kappa shape index (κ1) is 16.3. The average Bonchev–Trinajstić information content (AvgIpc) is 2.32. The van der Waals surface area contributed by atoms with Crippen LogP contribution in [0.1, 0.15) is 39.5 Å². The lowest BCUT2D eigenvalue weighted by atomic mass is 10.2. The second-order valence-corrected chi connectivity index (χ2v) is 5.17. The number of hydrogen-bond donors (Lipinski definition) is 1. The molecule has 0 unspecified atom stereocenters. The standard InChI is InChI=1S/C13H30N2S/c1-4-15(5-2)12-11-14-10-8-6-7-9-13-16-3/h14H,4-13H2,1-3H3. The highest BCUT2D eigenvalue weighted by molar-refractivity contribution is 7.98. The lowest BCUT2D eigenvalue weighted by Crippen LogP contribution is -2.32. The lowest BCUT2D eigenvalue weighted by molar-refractivity contribution is 0.302. The van der Waals surface area contributed by atoms with Crippen molar-refractivity contribution in [3.63, 3.8) is 0 Å². The summed E-state index contributed by atoms with van der Waals surface area (Å²) in [5.41, 5.74) is 0. The Bertz CT molecular complexity index is 127. The maximum absolute atomic E-state index is 3.53. The molecule has 0 radical (unpaired) electrons. The first-order valence-electron chi connectivity index (χ1n) is 6.77. The number of likely N-dealkylation sites (N-methyl/N-ethyl adjacent to an activating group) is 1. The van der Waals surface area contributed by atoms with Gasteiger partial charge in [0.25, 0.3) is 0 Å². The van der Waals surface area contributed by atoms with E-state index in [1.54, 1.807) is 0 Å². The van der Waals surface area contributed by atoms with Gasteiger partial charge in [-0.15, -0.1) is 0 Å². The first-order chi connectivity index (χ1) is 7.85. The molecule has 0 saturated carbocycles. The molecule has 0 aliphatic carbocycles. The zero-order chi connectivity index (χ0) is 12.1. The second-order valence-electron chi connectivity index (χ2n) is 4.18. The van der Waals surface area contributed by atoms with Gasteiger partial charge in [-0.2, -0.15) is 11.8 Å². The molecule has 1 N–H and O–H groups in total. The fourth-order valence-corrected chi connectivity index (χ4v) is 2.24. The highest BCUT2D eigenvalue weighted by atomic mass is 32.2. The highest BCUT2D eigenvalue weighted by Gasteiger charge is 1.97. The van der Waals surface area contributed by atoms with Crippen LogP contribution in [-0.4, -0.2) is 49.6 Å². The first-order valence-corrected chi connectivity index (χ1v) is 8.16. The van der Waals surface area contributed by atoms with Crippen molar-refractivity contribution in [2.75, 3.05) is 44.7 Å². The molecule has 0 atom stereocenters. The Morgan fingerprint density at radius 1 is 0.938 bits per heavy atom. The van der Waals surface area contributed by atoms with Gasteiger partial charge in [0.2, 0.25) is 0 Å². The summed E-state index contributed by atoms with van der Waals surface area (Å²) in [7, 11) is 0. The maximum Gasteiger partial charge on any atom is 0.0107 e. The van der Waals surface area contributed by atoms with Gasteiger partial charge in [-0.25, -0.2) is 0 Å². The van der Waals surface area contributed by atoms with Gasteiger partial charge in [-0.05, 0) is 44.5 Å². The molecule has 0 aliphatic heterocycles. The van der Waals surface area contributed by atoms with Crippen molar-refractivity contribution >= 4 is 11.8 Å². The Balaban J connectivity index is 3.03. The molecule has 0 amide bonds. The van der Waals surface area contributed by atoms with Crippen LogP contribution in [0.2, 0.25) is 0 Å². The summed E-state index contributed by atoms with van der Waals surface area (Å²) in [5.74, 6) is 1.33. The SMILES string of the molecule is CCN(CC)CCNCCCCCCSC. The molecule has 0 spiro atoms. The second kappa shape index (κ2) is 13.3. The van der Waals surface area contributed by atoms with Crippen LogP contribution < -0.4 is 5.32 Å². The monoisotopic (exact) mass is 246 g/mol. The average molecular weight is 246 g/mol. The van der Waals surface area contributed by atoms with Crippen molar-refractivity contribution in [1.29, 1.82) is 0 Å². The van der Waals surface area contributed by atoms with E-state index < -0.39 is 0 Å². The van der Waals surface area contributed by atoms with Crippen LogP contribution in [0.4, 0.5) is 0 Å². The van der Waals surface area contributed by atoms with Crippen molar-refractivity contribution in [3.8, 4) is 0 Å². The number of nitrogens with one attached hydrogen (secondary N) is 1. The summed E-state index contributed by atoms with van der Waals surface area (Å²) in [6.45, 7) is 10.3. The molecule has 0 aromatic heterocycles. The van der Waals surface area contributed by atoms with Crippen LogP contribution in [0.5, 0.6) is 0 Å². The van der Waals surface area contributed by atoms with Gasteiger partial charge in [0.1, 0.15) is 0 Å². The molecule has 2 nitrogen and oxygen atoms in total. The number of nitrogens with zero attached hydrogens (tertiary/aromatic N) is 1. The van der Waals surface area contributed by atoms with E-state index in [-0.39, 0.29) is 0 Å². The Labute approximate surface area is 107 Å². The molecule has 0 heterocycles. The van der Waals surface area contributed by atoms with E-state index in [0.29, 0.717) is 0 Å². The fraction of sp³-hybridized carbons (Fsp3) is 1.00. The molecule has 0 saturated heterocycles. The van der Waals surface area contributed by atoms with Gasteiger partial charge < -0.3 is 10.2 Å². The van der Waals surface area contributed by atoms with E-state index in [1.165, 1.54) is 57.6 Å². The smallest absolute Gasteiger partial charge is 0.0107 e. The Morgan fingerprint density at radius 2 is 1.62 bits per heavy atom. The molecule has 3 heteroatoms. The number of unbranched alkanes of at least 4 members (excludes halogenated alkanes) is 3. The van der Waals surface area contributed by atoms with Crippen molar-refractivity contribution in [2.45, 2.75) is 39.5 Å². The third-order valence-electron chi connectivity index (χ3n) is 2.95. The van der Waals surface area contributed by atoms with E-state index >= 15 is 0 Å². The third-order valence-corrected chi connectivity index (χ3v) is 3.65. The van der Waals surface area contributed by atoms with Crippen LogP contribution in [0.15, 0.2) is 0 Å². The minimum absolute atomic E-state index is 1.15. The van der Waals surface area contributed by atoms with Crippen LogP contribution >= 0.6 is 11.8 Å². The summed E-state index contributed by atoms with van der Waals surface area (Å²) in [5, 5.41) is 3.53. The van der Waals surface area contributed by atoms with Gasteiger partial charge in [0, 0.05) is 13.1 Å². The van der Waals surface area contributed by atoms with Crippen LogP contribution in [-0.2, 0) is 0 Å². The molecule has 0 bridgehead atoms. The number of thioether (sulfide) groups is 1. The minimum atomic E-state index is 1.15. The van der Waals surface area contributed by atoms with E-state index in [4.69, 9.17) is 0 Å². The highest BCUT2D eigenvalue weighted by Crippen LogP contribution is 2.03. The van der Waals surface area contributed by atoms with E-state index in [9.17, 15) is 0 Å². The number of hydrogen-bond acceptors (Lipinski definition) is 3. The summed E-state index contributed by atoms with van der Waals surface area (Å²) < 4.78 is 0. The number of rotatable bonds is 12. The van der Waals surface area contributed by atoms with Gasteiger partial charge in [0.05, 0.1) is 0 Å². The molecular formula is C13H30N2S. The Morgan fingerprint density at radius 3 is 2.25 bits per heavy atom. The van der Waals surface area contributed by atoms with Crippen molar-refractivity contribution in [3.05, 3.63) is 0 Å². The molecule has 98 valence electrons. The molecule has 0 aromatic rings. The maximum atomic E-state index is 3.53. The minimum Gasteiger partial charge on any atom is -0.315 e. The van der Waals surface area contributed by atoms with E-state index in [0.717, 1.165) is 6.54 Å². The van der Waals surface area contributed by atoms with E-state index in [1.807, 2.05) is 11.8 Å². The molecule has 0 aromatic carbocycles. The molecular weight excluding hydrogens is 216 g/mol. The van der Waals surface area contributed by atoms with Gasteiger partial charge in [-0.1, -0.05) is 26.7 Å². The largest absolute Gasteiger partial charge is 0.315 e. The van der Waals surface area contributed by atoms with Crippen LogP contribution in [0.3, 0.4) is 0 Å². The molecule has 0 fully saturated rings.